The zero-order chi connectivity index (χ0) is 22.3. The Bertz CT molecular complexity index is 993. The van der Waals surface area contributed by atoms with Crippen LogP contribution >= 0.6 is 0 Å². The molecule has 1 N–H and O–H groups in total. The molecule has 0 saturated heterocycles. The molecule has 4 fully saturated rings. The van der Waals surface area contributed by atoms with Gasteiger partial charge in [-0.05, 0) is 68.4 Å². The van der Waals surface area contributed by atoms with Gasteiger partial charge < -0.3 is 14.6 Å². The van der Waals surface area contributed by atoms with Crippen molar-refractivity contribution in [1.29, 1.82) is 0 Å². The van der Waals surface area contributed by atoms with Crippen LogP contribution in [0.15, 0.2) is 28.9 Å². The molecular weight excluding hydrogens is 421 g/mol. The molecule has 7 rings (SSSR count). The number of anilines is 1. The van der Waals surface area contributed by atoms with Gasteiger partial charge in [-0.2, -0.15) is 18.3 Å². The molecule has 2 aromatic heterocycles. The van der Waals surface area contributed by atoms with Crippen LogP contribution in [0.5, 0.6) is 0 Å². The first-order chi connectivity index (χ1) is 15.2. The lowest BCUT2D eigenvalue weighted by atomic mass is 9.52. The van der Waals surface area contributed by atoms with E-state index in [4.69, 9.17) is 4.42 Å². The molecule has 32 heavy (non-hydrogen) atoms. The van der Waals surface area contributed by atoms with Gasteiger partial charge in [0.2, 0.25) is 0 Å². The van der Waals surface area contributed by atoms with E-state index in [0.29, 0.717) is 23.5 Å². The van der Waals surface area contributed by atoms with Crippen LogP contribution in [0.1, 0.15) is 73.3 Å². The number of alkyl halides is 3. The van der Waals surface area contributed by atoms with Crippen molar-refractivity contribution in [1.82, 2.24) is 14.7 Å². The van der Waals surface area contributed by atoms with Gasteiger partial charge in [-0.3, -0.25) is 4.79 Å². The monoisotopic (exact) mass is 448 g/mol. The number of nitrogens with one attached hydrogen (secondary N) is 1. The van der Waals surface area contributed by atoms with Crippen molar-refractivity contribution in [2.75, 3.05) is 12.4 Å². The Morgan fingerprint density at radius 3 is 2.41 bits per heavy atom. The highest BCUT2D eigenvalue weighted by Gasteiger charge is 2.54. The number of hydrogen-bond acceptors (Lipinski definition) is 4. The maximum absolute atomic E-state index is 13.9. The minimum atomic E-state index is -4.49. The fourth-order valence-corrected chi connectivity index (χ4v) is 7.22. The van der Waals surface area contributed by atoms with Crippen molar-refractivity contribution in [3.63, 3.8) is 0 Å². The minimum absolute atomic E-state index is 0.0695. The Hall–Kier alpha value is -2.45. The number of halogens is 3. The largest absolute Gasteiger partial charge is 0.467 e. The van der Waals surface area contributed by atoms with E-state index >= 15 is 0 Å². The average Bonchev–Trinajstić information content (AvgIpc) is 3.40. The van der Waals surface area contributed by atoms with Crippen molar-refractivity contribution in [2.24, 2.45) is 17.8 Å². The summed E-state index contributed by atoms with van der Waals surface area (Å²) in [6.45, 7) is 0. The maximum Gasteiger partial charge on any atom is 0.410 e. The van der Waals surface area contributed by atoms with Gasteiger partial charge in [0.1, 0.15) is 11.6 Å². The van der Waals surface area contributed by atoms with E-state index in [2.05, 4.69) is 10.4 Å². The number of furan rings is 1. The van der Waals surface area contributed by atoms with E-state index in [1.54, 1.807) is 17.0 Å². The van der Waals surface area contributed by atoms with Crippen molar-refractivity contribution < 1.29 is 22.4 Å². The number of hydrogen-bond donors (Lipinski definition) is 1. The highest BCUT2D eigenvalue weighted by molar-refractivity contribution is 5.93. The van der Waals surface area contributed by atoms with E-state index in [1.165, 1.54) is 31.6 Å². The number of carbonyl (C=O) groups excluding carboxylic acids is 1. The molecule has 6 nitrogen and oxygen atoms in total. The molecule has 0 spiro atoms. The second-order valence-electron chi connectivity index (χ2n) is 10.4. The smallest absolute Gasteiger partial charge is 0.410 e. The van der Waals surface area contributed by atoms with Gasteiger partial charge in [-0.1, -0.05) is 0 Å². The van der Waals surface area contributed by atoms with Crippen LogP contribution in [0.25, 0.3) is 0 Å². The Kier molecular flexibility index (Phi) is 4.27. The molecule has 4 bridgehead atoms. The zero-order valence-corrected chi connectivity index (χ0v) is 17.9. The Labute approximate surface area is 184 Å². The second kappa shape index (κ2) is 6.78. The van der Waals surface area contributed by atoms with Crippen LogP contribution in [0.2, 0.25) is 0 Å². The molecule has 2 atom stereocenters. The summed E-state index contributed by atoms with van der Waals surface area (Å²) in [5, 5.41) is 7.26. The van der Waals surface area contributed by atoms with E-state index in [0.717, 1.165) is 23.9 Å². The SMILES string of the molecule is CN(C(=O)c1cc2n(n1)C(C(F)(F)F)CC(c1ccco1)N2)C12CC3CC(CC(C3)C1)C2. The van der Waals surface area contributed by atoms with Crippen molar-refractivity contribution in [3.8, 4) is 0 Å². The predicted octanol–water partition coefficient (Wildman–Crippen LogP) is 5.18. The van der Waals surface area contributed by atoms with Crippen molar-refractivity contribution in [2.45, 2.75) is 68.7 Å². The average molecular weight is 448 g/mol. The highest BCUT2D eigenvalue weighted by Crippen LogP contribution is 2.57. The summed E-state index contributed by atoms with van der Waals surface area (Å²) in [6.07, 6.45) is 3.48. The van der Waals surface area contributed by atoms with Gasteiger partial charge in [0.05, 0.1) is 12.3 Å². The quantitative estimate of drug-likeness (QED) is 0.703. The lowest BCUT2D eigenvalue weighted by Gasteiger charge is -2.59. The summed E-state index contributed by atoms with van der Waals surface area (Å²) in [6, 6.07) is 2.32. The third-order valence-corrected chi connectivity index (χ3v) is 8.32. The van der Waals surface area contributed by atoms with E-state index in [-0.39, 0.29) is 29.4 Å². The summed E-state index contributed by atoms with van der Waals surface area (Å²) in [4.78, 5) is 15.3. The lowest BCUT2D eigenvalue weighted by Crippen LogP contribution is -2.60. The third-order valence-electron chi connectivity index (χ3n) is 8.32. The van der Waals surface area contributed by atoms with Gasteiger partial charge in [-0.25, -0.2) is 4.68 Å². The molecule has 3 heterocycles. The second-order valence-corrected chi connectivity index (χ2v) is 10.4. The molecule has 5 aliphatic rings. The summed E-state index contributed by atoms with van der Waals surface area (Å²) >= 11 is 0. The number of carbonyl (C=O) groups is 1. The summed E-state index contributed by atoms with van der Waals surface area (Å²) in [5.74, 6) is 2.34. The molecule has 2 unspecified atom stereocenters. The van der Waals surface area contributed by atoms with Crippen LogP contribution in [0.4, 0.5) is 19.0 Å². The van der Waals surface area contributed by atoms with Crippen LogP contribution in [-0.2, 0) is 0 Å². The Morgan fingerprint density at radius 1 is 1.19 bits per heavy atom. The molecule has 0 radical (unpaired) electrons. The van der Waals surface area contributed by atoms with Gasteiger partial charge in [0.25, 0.3) is 5.91 Å². The van der Waals surface area contributed by atoms with Crippen LogP contribution in [-0.4, -0.2) is 39.4 Å². The number of fused-ring (bicyclic) bond motifs is 1. The van der Waals surface area contributed by atoms with Gasteiger partial charge in [0, 0.05) is 25.1 Å². The summed E-state index contributed by atoms with van der Waals surface area (Å²) in [7, 11) is 1.81. The number of nitrogens with zero attached hydrogens (tertiary/aromatic N) is 3. The Balaban J connectivity index is 1.31. The normalized spacial score (nSPS) is 35.4. The number of rotatable bonds is 3. The predicted molar refractivity (Wildman–Crippen MR) is 110 cm³/mol. The first-order valence-electron chi connectivity index (χ1n) is 11.5. The molecule has 0 aromatic carbocycles. The molecular formula is C23H27F3N4O2. The van der Waals surface area contributed by atoms with E-state index in [1.807, 2.05) is 7.05 Å². The summed E-state index contributed by atoms with van der Waals surface area (Å²) in [5.41, 5.74) is -0.108. The fraction of sp³-hybridized carbons (Fsp3) is 0.652. The molecule has 4 saturated carbocycles. The van der Waals surface area contributed by atoms with Gasteiger partial charge >= 0.3 is 6.18 Å². The number of amides is 1. The third kappa shape index (κ3) is 3.07. The first kappa shape index (κ1) is 20.2. The lowest BCUT2D eigenvalue weighted by molar-refractivity contribution is -0.174. The van der Waals surface area contributed by atoms with Crippen LogP contribution < -0.4 is 5.32 Å². The van der Waals surface area contributed by atoms with Crippen molar-refractivity contribution >= 4 is 11.7 Å². The van der Waals surface area contributed by atoms with Crippen LogP contribution in [0, 0.1) is 17.8 Å². The molecule has 2 aromatic rings. The molecule has 1 amide bonds. The molecule has 4 aliphatic carbocycles. The minimum Gasteiger partial charge on any atom is -0.467 e. The van der Waals surface area contributed by atoms with E-state index < -0.39 is 18.3 Å². The molecule has 9 heteroatoms. The Morgan fingerprint density at radius 2 is 1.84 bits per heavy atom. The first-order valence-corrected chi connectivity index (χ1v) is 11.5. The highest BCUT2D eigenvalue weighted by atomic mass is 19.4. The fourth-order valence-electron chi connectivity index (χ4n) is 7.22. The number of aromatic nitrogens is 2. The molecule has 1 aliphatic heterocycles. The van der Waals surface area contributed by atoms with Gasteiger partial charge in [-0.15, -0.1) is 0 Å². The standard InChI is InChI=1S/C23H27F3N4O2/c1-29(22-10-13-5-14(11-22)7-15(6-13)12-22)21(31)17-9-20-27-16(18-3-2-4-32-18)8-19(23(24,25)26)30(20)28-17/h2-4,9,13-16,19,27H,5-8,10-12H2,1H3. The maximum atomic E-state index is 13.9. The van der Waals surface area contributed by atoms with Crippen molar-refractivity contribution in [3.05, 3.63) is 35.9 Å². The van der Waals surface area contributed by atoms with Gasteiger partial charge in [0.15, 0.2) is 11.7 Å². The summed E-state index contributed by atoms with van der Waals surface area (Å²) < 4.78 is 48.0. The van der Waals surface area contributed by atoms with Crippen LogP contribution in [0.3, 0.4) is 0 Å². The topological polar surface area (TPSA) is 63.3 Å². The molecule has 172 valence electrons. The van der Waals surface area contributed by atoms with E-state index in [9.17, 15) is 18.0 Å². The zero-order valence-electron chi connectivity index (χ0n) is 17.9.